The highest BCUT2D eigenvalue weighted by molar-refractivity contribution is 5.83. The lowest BCUT2D eigenvalue weighted by Crippen LogP contribution is -2.62. The number of carbonyl (C=O) groups excluding carboxylic acids is 3. The monoisotopic (exact) mass is 433 g/mol. The predicted octanol–water partition coefficient (Wildman–Crippen LogP) is 1.50. The van der Waals surface area contributed by atoms with E-state index in [1.807, 2.05) is 4.90 Å². The average molecular weight is 434 g/mol. The number of aliphatic hydroxyl groups is 1. The number of nitrogens with two attached hydrogens (primary N) is 1. The Balaban J connectivity index is 1.18. The van der Waals surface area contributed by atoms with E-state index in [9.17, 15) is 19.5 Å². The number of carbonyl (C=O) groups is 3. The summed E-state index contributed by atoms with van der Waals surface area (Å²) in [4.78, 5) is 41.9. The van der Waals surface area contributed by atoms with E-state index in [1.165, 1.54) is 6.42 Å². The fraction of sp³-hybridized carbons (Fsp3) is 0.870. The minimum absolute atomic E-state index is 0.00689. The first-order chi connectivity index (χ1) is 14.9. The van der Waals surface area contributed by atoms with Gasteiger partial charge in [-0.2, -0.15) is 0 Å². The van der Waals surface area contributed by atoms with E-state index in [0.717, 1.165) is 25.7 Å². The van der Waals surface area contributed by atoms with Crippen LogP contribution in [0, 0.1) is 29.1 Å². The summed E-state index contributed by atoms with van der Waals surface area (Å²) in [6, 6.07) is 0.00689. The van der Waals surface area contributed by atoms with Crippen LogP contribution in [0.5, 0.6) is 0 Å². The highest BCUT2D eigenvalue weighted by Gasteiger charge is 2.62. The van der Waals surface area contributed by atoms with Gasteiger partial charge in [0.1, 0.15) is 6.10 Å². The Morgan fingerprint density at radius 1 is 0.871 bits per heavy atom. The first-order valence-electron chi connectivity index (χ1n) is 12.1. The van der Waals surface area contributed by atoms with E-state index in [4.69, 9.17) is 10.5 Å². The highest BCUT2D eigenvalue weighted by atomic mass is 16.5. The van der Waals surface area contributed by atoms with Crippen molar-refractivity contribution in [1.82, 2.24) is 9.80 Å². The van der Waals surface area contributed by atoms with Crippen LogP contribution in [0.2, 0.25) is 0 Å². The Labute approximate surface area is 183 Å². The van der Waals surface area contributed by atoms with E-state index >= 15 is 0 Å². The molecule has 4 bridgehead atoms. The summed E-state index contributed by atoms with van der Waals surface area (Å²) in [5.74, 6) is 0.617. The second-order valence-corrected chi connectivity index (χ2v) is 10.7. The maximum absolute atomic E-state index is 13.1. The molecule has 2 aliphatic heterocycles. The van der Waals surface area contributed by atoms with Crippen molar-refractivity contribution in [3.8, 4) is 0 Å². The Morgan fingerprint density at radius 3 is 1.97 bits per heavy atom. The summed E-state index contributed by atoms with van der Waals surface area (Å²) in [5, 5.41) is 9.65. The topological polar surface area (TPSA) is 113 Å². The van der Waals surface area contributed by atoms with E-state index < -0.39 is 5.41 Å². The first kappa shape index (κ1) is 21.0. The predicted molar refractivity (Wildman–Crippen MR) is 112 cm³/mol. The summed E-state index contributed by atoms with van der Waals surface area (Å²) in [7, 11) is 0. The van der Waals surface area contributed by atoms with Crippen molar-refractivity contribution < 1.29 is 24.2 Å². The van der Waals surface area contributed by atoms with Gasteiger partial charge in [-0.3, -0.25) is 9.59 Å². The van der Waals surface area contributed by atoms with Crippen LogP contribution in [0.25, 0.3) is 0 Å². The number of hydrogen-bond acceptors (Lipinski definition) is 5. The fourth-order valence-electron chi connectivity index (χ4n) is 7.33. The van der Waals surface area contributed by atoms with Crippen LogP contribution in [0.1, 0.15) is 57.8 Å². The van der Waals surface area contributed by atoms with Crippen LogP contribution in [0.4, 0.5) is 4.79 Å². The van der Waals surface area contributed by atoms with Crippen molar-refractivity contribution in [2.75, 3.05) is 26.2 Å². The molecule has 0 aromatic carbocycles. The molecule has 2 saturated heterocycles. The van der Waals surface area contributed by atoms with Gasteiger partial charge < -0.3 is 25.4 Å². The molecule has 8 nitrogen and oxygen atoms in total. The Bertz CT molecular complexity index is 727. The SMILES string of the molecule is NC(=O)C12CC3CC(CC(C3)C1OC(=O)C1CCN(C(=O)N3CCC(O)CC3)CC1)C2. The minimum atomic E-state index is -0.667. The van der Waals surface area contributed by atoms with Gasteiger partial charge in [0.25, 0.3) is 0 Å². The number of hydrogen-bond donors (Lipinski definition) is 2. The van der Waals surface area contributed by atoms with Crippen LogP contribution in [-0.4, -0.2) is 71.2 Å². The van der Waals surface area contributed by atoms with Gasteiger partial charge in [-0.25, -0.2) is 4.79 Å². The molecule has 0 radical (unpaired) electrons. The molecule has 172 valence electrons. The molecule has 4 aliphatic carbocycles. The summed E-state index contributed by atoms with van der Waals surface area (Å²) < 4.78 is 6.07. The van der Waals surface area contributed by atoms with Crippen molar-refractivity contribution in [3.05, 3.63) is 0 Å². The molecule has 3 N–H and O–H groups in total. The number of primary amides is 1. The zero-order valence-electron chi connectivity index (χ0n) is 18.2. The Morgan fingerprint density at radius 2 is 1.42 bits per heavy atom. The number of urea groups is 1. The number of nitrogens with zero attached hydrogens (tertiary/aromatic N) is 2. The fourth-order valence-corrected chi connectivity index (χ4v) is 7.33. The number of piperidine rings is 2. The smallest absolute Gasteiger partial charge is 0.320 e. The average Bonchev–Trinajstić information content (AvgIpc) is 2.75. The number of likely N-dealkylation sites (tertiary alicyclic amines) is 2. The molecular formula is C23H35N3O5. The third kappa shape index (κ3) is 3.70. The zero-order chi connectivity index (χ0) is 21.8. The van der Waals surface area contributed by atoms with Gasteiger partial charge in [0.2, 0.25) is 5.91 Å². The molecule has 6 aliphatic rings. The second kappa shape index (κ2) is 7.94. The molecule has 2 heterocycles. The van der Waals surface area contributed by atoms with Gasteiger partial charge in [0.05, 0.1) is 17.4 Å². The van der Waals surface area contributed by atoms with E-state index in [1.54, 1.807) is 4.90 Å². The molecule has 0 spiro atoms. The normalized spacial score (nSPS) is 38.4. The van der Waals surface area contributed by atoms with Gasteiger partial charge in [0.15, 0.2) is 0 Å². The third-order valence-corrected chi connectivity index (χ3v) is 8.79. The zero-order valence-corrected chi connectivity index (χ0v) is 18.2. The summed E-state index contributed by atoms with van der Waals surface area (Å²) in [5.41, 5.74) is 5.21. The number of amides is 3. The molecule has 8 heteroatoms. The molecule has 31 heavy (non-hydrogen) atoms. The van der Waals surface area contributed by atoms with Gasteiger partial charge >= 0.3 is 12.0 Å². The quantitative estimate of drug-likeness (QED) is 0.655. The van der Waals surface area contributed by atoms with Crippen molar-refractivity contribution in [3.63, 3.8) is 0 Å². The van der Waals surface area contributed by atoms with Crippen molar-refractivity contribution in [2.45, 2.75) is 70.0 Å². The molecule has 0 aromatic heterocycles. The number of esters is 1. The van der Waals surface area contributed by atoms with Gasteiger partial charge in [-0.05, 0) is 75.5 Å². The lowest BCUT2D eigenvalue weighted by Gasteiger charge is -2.58. The minimum Gasteiger partial charge on any atom is -0.461 e. The summed E-state index contributed by atoms with van der Waals surface area (Å²) in [6.45, 7) is 2.25. The lowest BCUT2D eigenvalue weighted by atomic mass is 9.48. The molecule has 3 amide bonds. The molecule has 6 fully saturated rings. The summed E-state index contributed by atoms with van der Waals surface area (Å²) in [6.07, 6.45) is 6.57. The third-order valence-electron chi connectivity index (χ3n) is 8.79. The maximum Gasteiger partial charge on any atom is 0.320 e. The van der Waals surface area contributed by atoms with Gasteiger partial charge in [0, 0.05) is 26.2 Å². The largest absolute Gasteiger partial charge is 0.461 e. The summed E-state index contributed by atoms with van der Waals surface area (Å²) >= 11 is 0. The molecule has 6 rings (SSSR count). The van der Waals surface area contributed by atoms with Crippen LogP contribution in [0.3, 0.4) is 0 Å². The highest BCUT2D eigenvalue weighted by Crippen LogP contribution is 2.61. The molecular weight excluding hydrogens is 398 g/mol. The second-order valence-electron chi connectivity index (χ2n) is 10.7. The lowest BCUT2D eigenvalue weighted by molar-refractivity contribution is -0.199. The number of aliphatic hydroxyl groups excluding tert-OH is 1. The Kier molecular flexibility index (Phi) is 5.39. The van der Waals surface area contributed by atoms with Crippen molar-refractivity contribution in [1.29, 1.82) is 0 Å². The van der Waals surface area contributed by atoms with Crippen molar-refractivity contribution in [2.24, 2.45) is 34.8 Å². The van der Waals surface area contributed by atoms with E-state index in [-0.39, 0.29) is 42.0 Å². The van der Waals surface area contributed by atoms with Crippen LogP contribution in [-0.2, 0) is 14.3 Å². The number of rotatable bonds is 3. The maximum atomic E-state index is 13.1. The molecule has 3 unspecified atom stereocenters. The first-order valence-corrected chi connectivity index (χ1v) is 12.1. The van der Waals surface area contributed by atoms with Crippen molar-refractivity contribution >= 4 is 17.9 Å². The molecule has 0 aromatic rings. The van der Waals surface area contributed by atoms with Crippen LogP contribution < -0.4 is 5.73 Å². The van der Waals surface area contributed by atoms with Crippen LogP contribution in [0.15, 0.2) is 0 Å². The van der Waals surface area contributed by atoms with Gasteiger partial charge in [-0.1, -0.05) is 0 Å². The van der Waals surface area contributed by atoms with Gasteiger partial charge in [-0.15, -0.1) is 0 Å². The molecule has 4 saturated carbocycles. The standard InChI is InChI=1S/C23H35N3O5/c24-21(29)23-12-14-9-15(13-23)11-17(10-14)19(23)31-20(28)16-1-5-25(6-2-16)22(30)26-7-3-18(27)4-8-26/h14-19,27H,1-13H2,(H2,24,29). The van der Waals surface area contributed by atoms with Crippen LogP contribution >= 0.6 is 0 Å². The van der Waals surface area contributed by atoms with E-state index in [2.05, 4.69) is 0 Å². The Hall–Kier alpha value is -1.83. The van der Waals surface area contributed by atoms with E-state index in [0.29, 0.717) is 63.7 Å². The molecule has 3 atom stereocenters. The number of ether oxygens (including phenoxy) is 1.